The highest BCUT2D eigenvalue weighted by molar-refractivity contribution is 7.22. The second kappa shape index (κ2) is 7.37. The van der Waals surface area contributed by atoms with Crippen LogP contribution in [-0.2, 0) is 17.6 Å². The molecule has 0 unspecified atom stereocenters. The molecule has 2 aromatic rings. The molecule has 25 heavy (non-hydrogen) atoms. The Balaban J connectivity index is 2.12. The highest BCUT2D eigenvalue weighted by atomic mass is 31.0. The zero-order valence-electron chi connectivity index (χ0n) is 14.9. The predicted octanol–water partition coefficient (Wildman–Crippen LogP) is 5.49. The number of Topliss-reactive ketones (excluding diaryl/α,β-unsaturated/α-hetero) is 1. The first-order valence-electron chi connectivity index (χ1n) is 8.75. The van der Waals surface area contributed by atoms with Gasteiger partial charge in [-0.3, -0.25) is 0 Å². The van der Waals surface area contributed by atoms with Gasteiger partial charge < -0.3 is 9.78 Å². The summed E-state index contributed by atoms with van der Waals surface area (Å²) in [6.45, 7) is 7.65. The van der Waals surface area contributed by atoms with E-state index in [0.717, 1.165) is 25.0 Å². The summed E-state index contributed by atoms with van der Waals surface area (Å²) in [5.74, 6) is 0.232. The van der Waals surface area contributed by atoms with E-state index in [4.69, 9.17) is 0 Å². The van der Waals surface area contributed by atoms with Crippen LogP contribution in [0.1, 0.15) is 54.6 Å². The number of carbonyl (C=O) groups is 1. The van der Waals surface area contributed by atoms with Crippen LogP contribution in [0, 0.1) is 0 Å². The van der Waals surface area contributed by atoms with Crippen LogP contribution in [0.4, 0.5) is 0 Å². The van der Waals surface area contributed by atoms with Gasteiger partial charge >= 0.3 is 0 Å². The van der Waals surface area contributed by atoms with Crippen LogP contribution < -0.4 is 0 Å². The van der Waals surface area contributed by atoms with Gasteiger partial charge in [-0.2, -0.15) is 0 Å². The molecule has 0 saturated carbocycles. The second-order valence-electron chi connectivity index (χ2n) is 6.57. The molecule has 128 valence electrons. The number of carbonyl (C=O) groups excluding carboxylic acids is 1. The third kappa shape index (κ3) is 3.45. The van der Waals surface area contributed by atoms with Crippen molar-refractivity contribution in [3.05, 3.63) is 58.8 Å². The number of benzene rings is 1. The number of allylic oxidation sites excluding steroid dienone is 1. The fraction of sp³-hybridized carbons (Fsp3) is 0.273. The van der Waals surface area contributed by atoms with Crippen LogP contribution >= 0.6 is 8.86 Å². The lowest BCUT2D eigenvalue weighted by Crippen LogP contribution is -2.01. The van der Waals surface area contributed by atoms with Crippen molar-refractivity contribution in [3.8, 4) is 11.3 Å². The average molecular weight is 349 g/mol. The van der Waals surface area contributed by atoms with Gasteiger partial charge in [0.15, 0.2) is 0 Å². The van der Waals surface area contributed by atoms with Crippen LogP contribution in [0.25, 0.3) is 23.4 Å². The van der Waals surface area contributed by atoms with Gasteiger partial charge in [0.2, 0.25) is 0 Å². The number of nitrogens with one attached hydrogen (secondary N) is 1. The molecule has 1 N–H and O–H groups in total. The van der Waals surface area contributed by atoms with Crippen LogP contribution in [0.3, 0.4) is 0 Å². The number of fused-ring (bicyclic) bond motifs is 3. The quantitative estimate of drug-likeness (QED) is 0.712. The largest absolute Gasteiger partial charge is 0.354 e. The van der Waals surface area contributed by atoms with Crippen LogP contribution in [0.15, 0.2) is 30.9 Å². The van der Waals surface area contributed by atoms with E-state index in [0.29, 0.717) is 6.42 Å². The molecule has 3 heteroatoms. The molecule has 0 saturated heterocycles. The van der Waals surface area contributed by atoms with Crippen LogP contribution in [0.2, 0.25) is 0 Å². The Labute approximate surface area is 151 Å². The van der Waals surface area contributed by atoms with Crippen molar-refractivity contribution >= 4 is 32.1 Å². The van der Waals surface area contributed by atoms with Gasteiger partial charge in [-0.25, -0.2) is 0 Å². The number of aromatic amines is 1. The highest BCUT2D eigenvalue weighted by Crippen LogP contribution is 2.37. The molecular weight excluding hydrogens is 325 g/mol. The zero-order valence-corrected chi connectivity index (χ0v) is 15.9. The molecule has 2 nitrogen and oxygen atoms in total. The SMILES string of the molecule is C=Cc1[nH]c2c(c1/C=C\C)CCC(=P)c1cc(CCC(C)=O)ccc1-2. The van der Waals surface area contributed by atoms with Gasteiger partial charge in [-0.05, 0) is 61.2 Å². The van der Waals surface area contributed by atoms with Crippen LogP contribution in [0.5, 0.6) is 0 Å². The molecule has 0 aliphatic heterocycles. The topological polar surface area (TPSA) is 32.9 Å². The minimum Gasteiger partial charge on any atom is -0.354 e. The Morgan fingerprint density at radius 1 is 1.32 bits per heavy atom. The summed E-state index contributed by atoms with van der Waals surface area (Å²) in [6, 6.07) is 6.54. The fourth-order valence-corrected chi connectivity index (χ4v) is 3.83. The maximum Gasteiger partial charge on any atom is 0.130 e. The number of H-pyrrole nitrogens is 1. The molecule has 0 radical (unpaired) electrons. The van der Waals surface area contributed by atoms with E-state index in [1.807, 2.05) is 13.0 Å². The first kappa shape index (κ1) is 17.6. The summed E-state index contributed by atoms with van der Waals surface area (Å²) in [5.41, 5.74) is 8.48. The van der Waals surface area contributed by atoms with Gasteiger partial charge in [0.1, 0.15) is 5.78 Å². The fourth-order valence-electron chi connectivity index (χ4n) is 3.50. The van der Waals surface area contributed by atoms with E-state index < -0.39 is 0 Å². The predicted molar refractivity (Wildman–Crippen MR) is 111 cm³/mol. The summed E-state index contributed by atoms with van der Waals surface area (Å²) in [5, 5.41) is 1.22. The normalized spacial score (nSPS) is 13.4. The molecule has 1 aromatic heterocycles. The van der Waals surface area contributed by atoms with Crippen molar-refractivity contribution in [3.63, 3.8) is 0 Å². The van der Waals surface area contributed by atoms with Crippen molar-refractivity contribution in [2.45, 2.75) is 39.5 Å². The van der Waals surface area contributed by atoms with Gasteiger partial charge in [-0.15, -0.1) is 8.86 Å². The van der Waals surface area contributed by atoms with Crippen LogP contribution in [-0.4, -0.2) is 16.1 Å². The number of hydrogen-bond acceptors (Lipinski definition) is 1. The maximum atomic E-state index is 11.3. The van der Waals surface area contributed by atoms with E-state index in [-0.39, 0.29) is 5.78 Å². The van der Waals surface area contributed by atoms with Crippen molar-refractivity contribution < 1.29 is 4.79 Å². The van der Waals surface area contributed by atoms with E-state index in [1.165, 1.54) is 38.8 Å². The molecule has 1 heterocycles. The Morgan fingerprint density at radius 2 is 2.12 bits per heavy atom. The maximum absolute atomic E-state index is 11.3. The third-order valence-corrected chi connectivity index (χ3v) is 5.30. The molecule has 0 amide bonds. The first-order chi connectivity index (χ1) is 12.0. The molecule has 0 bridgehead atoms. The minimum absolute atomic E-state index is 0.232. The standard InChI is InChI=1S/C22H24NOP/c1-4-6-16-17-11-12-21(25)19-13-15(8-7-14(3)24)9-10-18(19)22(17)23-20(16)5-2/h4-6,9-10,13,23,25H,2,7-8,11-12H2,1,3H3/b6-4-. The number of aryl methyl sites for hydroxylation is 1. The summed E-state index contributed by atoms with van der Waals surface area (Å²) in [7, 11) is 3.85. The van der Waals surface area contributed by atoms with Gasteiger partial charge in [0.05, 0.1) is 5.69 Å². The summed E-state index contributed by atoms with van der Waals surface area (Å²) >= 11 is 0. The average Bonchev–Trinajstić information content (AvgIpc) is 2.88. The lowest BCUT2D eigenvalue weighted by atomic mass is 9.97. The lowest BCUT2D eigenvalue weighted by Gasteiger charge is -2.10. The minimum atomic E-state index is 0.232. The molecule has 1 aliphatic carbocycles. The van der Waals surface area contributed by atoms with E-state index in [2.05, 4.69) is 50.8 Å². The zero-order chi connectivity index (χ0) is 18.0. The smallest absolute Gasteiger partial charge is 0.130 e. The third-order valence-electron chi connectivity index (χ3n) is 4.78. The second-order valence-corrected chi connectivity index (χ2v) is 7.17. The van der Waals surface area contributed by atoms with Crippen molar-refractivity contribution in [2.75, 3.05) is 0 Å². The van der Waals surface area contributed by atoms with E-state index in [9.17, 15) is 4.79 Å². The lowest BCUT2D eigenvalue weighted by molar-refractivity contribution is -0.116. The van der Waals surface area contributed by atoms with Crippen molar-refractivity contribution in [1.29, 1.82) is 0 Å². The number of aromatic nitrogens is 1. The van der Waals surface area contributed by atoms with Gasteiger partial charge in [0.25, 0.3) is 0 Å². The Morgan fingerprint density at radius 3 is 2.80 bits per heavy atom. The van der Waals surface area contributed by atoms with Gasteiger partial charge in [0, 0.05) is 23.2 Å². The number of hydrogen-bond donors (Lipinski definition) is 1. The van der Waals surface area contributed by atoms with Crippen molar-refractivity contribution in [2.24, 2.45) is 0 Å². The molecule has 0 atom stereocenters. The summed E-state index contributed by atoms with van der Waals surface area (Å²) in [6.07, 6.45) is 9.46. The monoisotopic (exact) mass is 349 g/mol. The summed E-state index contributed by atoms with van der Waals surface area (Å²) in [4.78, 5) is 14.9. The molecule has 0 spiro atoms. The molecule has 1 aliphatic rings. The molecule has 1 aromatic carbocycles. The highest BCUT2D eigenvalue weighted by Gasteiger charge is 2.22. The summed E-state index contributed by atoms with van der Waals surface area (Å²) < 4.78 is 0. The van der Waals surface area contributed by atoms with E-state index >= 15 is 0 Å². The molecule has 0 fully saturated rings. The number of ketones is 1. The van der Waals surface area contributed by atoms with Gasteiger partial charge in [-0.1, -0.05) is 36.9 Å². The molecule has 3 rings (SSSR count). The van der Waals surface area contributed by atoms with Crippen molar-refractivity contribution in [1.82, 2.24) is 4.98 Å². The molecular formula is C22H24NOP. The Kier molecular flexibility index (Phi) is 5.20. The van der Waals surface area contributed by atoms with E-state index in [1.54, 1.807) is 6.92 Å². The first-order valence-corrected chi connectivity index (χ1v) is 9.25. The Hall–Kier alpha value is -2.18. The Bertz CT molecular complexity index is 886. The number of rotatable bonds is 5.